The summed E-state index contributed by atoms with van der Waals surface area (Å²) in [7, 11) is 4.00. The maximum Gasteiger partial charge on any atom is 0.512 e. The lowest BCUT2D eigenvalue weighted by Crippen LogP contribution is -2.32. The Morgan fingerprint density at radius 2 is 1.72 bits per heavy atom. The van der Waals surface area contributed by atoms with E-state index in [0.29, 0.717) is 55.0 Å². The number of carboxylic acid groups (broad SMARTS) is 1. The summed E-state index contributed by atoms with van der Waals surface area (Å²) in [5, 5.41) is 13.5. The number of hydrogen-bond acceptors (Lipinski definition) is 11. The number of ether oxygens (including phenoxy) is 3. The van der Waals surface area contributed by atoms with Gasteiger partial charge in [-0.3, -0.25) is 10.1 Å². The summed E-state index contributed by atoms with van der Waals surface area (Å²) in [6.07, 6.45) is 0.476. The molecular formula is C34H35N5O6S2. The van der Waals surface area contributed by atoms with E-state index >= 15 is 0 Å². The summed E-state index contributed by atoms with van der Waals surface area (Å²) in [6.45, 7) is 3.00. The standard InChI is InChI=1S/C34H35N5O6S2/c1-38(2)18-20-44-24-14-12-23(13-15-24)43-19-6-11-29-31(45-34(41)42)37-33(47-29)39-17-16-22-7-5-8-25(26(22)21-39)30(40)36-32-35-27-9-3-4-10-28(27)46-32/h3-5,7-10,12-15H,6,11,16-21H2,1-2H3,(H,41,42)(H,35,36,40). The van der Waals surface area contributed by atoms with Crippen molar-refractivity contribution in [3.05, 3.63) is 88.3 Å². The molecule has 0 saturated carbocycles. The molecule has 47 heavy (non-hydrogen) atoms. The molecule has 2 aromatic heterocycles. The van der Waals surface area contributed by atoms with Crippen LogP contribution in [0.3, 0.4) is 0 Å². The lowest BCUT2D eigenvalue weighted by atomic mass is 9.94. The highest BCUT2D eigenvalue weighted by molar-refractivity contribution is 7.22. The third-order valence-corrected chi connectivity index (χ3v) is 9.69. The van der Waals surface area contributed by atoms with E-state index < -0.39 is 6.16 Å². The molecule has 11 nitrogen and oxygen atoms in total. The van der Waals surface area contributed by atoms with Crippen LogP contribution in [0, 0.1) is 0 Å². The van der Waals surface area contributed by atoms with E-state index in [4.69, 9.17) is 14.2 Å². The Balaban J connectivity index is 1.09. The summed E-state index contributed by atoms with van der Waals surface area (Å²) in [6, 6.07) is 21.0. The predicted molar refractivity (Wildman–Crippen MR) is 184 cm³/mol. The van der Waals surface area contributed by atoms with E-state index in [2.05, 4.69) is 25.1 Å². The van der Waals surface area contributed by atoms with Gasteiger partial charge in [0.1, 0.15) is 18.1 Å². The Bertz CT molecular complexity index is 1820. The molecule has 3 heterocycles. The van der Waals surface area contributed by atoms with Gasteiger partial charge in [0.05, 0.1) is 21.7 Å². The SMILES string of the molecule is CN(C)CCOc1ccc(OCCCc2sc(N3CCc4cccc(C(=O)Nc5nc6ccccc6s5)c4C3)nc2OC(=O)O)cc1. The number of nitrogens with zero attached hydrogens (tertiary/aromatic N) is 4. The first-order valence-electron chi connectivity index (χ1n) is 15.3. The van der Waals surface area contributed by atoms with Crippen molar-refractivity contribution in [3.8, 4) is 17.4 Å². The van der Waals surface area contributed by atoms with Crippen LogP contribution in [-0.2, 0) is 19.4 Å². The Hall–Kier alpha value is -4.72. The average Bonchev–Trinajstić information content (AvgIpc) is 3.66. The maximum absolute atomic E-state index is 13.4. The van der Waals surface area contributed by atoms with E-state index in [1.54, 1.807) is 0 Å². The van der Waals surface area contributed by atoms with Gasteiger partial charge in [-0.2, -0.15) is 4.98 Å². The number of rotatable bonds is 13. The largest absolute Gasteiger partial charge is 0.512 e. The Morgan fingerprint density at radius 3 is 2.47 bits per heavy atom. The van der Waals surface area contributed by atoms with E-state index in [1.807, 2.05) is 80.8 Å². The van der Waals surface area contributed by atoms with Gasteiger partial charge < -0.3 is 29.1 Å². The van der Waals surface area contributed by atoms with Gasteiger partial charge in [-0.15, -0.1) is 0 Å². The molecular weight excluding hydrogens is 639 g/mol. The molecule has 1 amide bonds. The molecule has 0 spiro atoms. The Kier molecular flexibility index (Phi) is 10.1. The monoisotopic (exact) mass is 673 g/mol. The molecule has 5 aromatic rings. The number of amides is 1. The van der Waals surface area contributed by atoms with Crippen molar-refractivity contribution >= 4 is 55.2 Å². The zero-order valence-corrected chi connectivity index (χ0v) is 27.7. The number of nitrogens with one attached hydrogen (secondary N) is 1. The van der Waals surface area contributed by atoms with Gasteiger partial charge in [0.15, 0.2) is 10.3 Å². The van der Waals surface area contributed by atoms with E-state index in [0.717, 1.165) is 50.7 Å². The van der Waals surface area contributed by atoms with Crippen molar-refractivity contribution in [3.63, 3.8) is 0 Å². The van der Waals surface area contributed by atoms with Crippen LogP contribution in [-0.4, -0.2) is 72.4 Å². The summed E-state index contributed by atoms with van der Waals surface area (Å²) in [5.74, 6) is 1.38. The lowest BCUT2D eigenvalue weighted by Gasteiger charge is -2.29. The Labute approximate surface area is 280 Å². The molecule has 3 aromatic carbocycles. The van der Waals surface area contributed by atoms with Crippen molar-refractivity contribution in [2.45, 2.75) is 25.8 Å². The molecule has 0 saturated heterocycles. The van der Waals surface area contributed by atoms with Crippen LogP contribution in [0.4, 0.5) is 15.1 Å². The minimum atomic E-state index is -1.41. The van der Waals surface area contributed by atoms with Crippen molar-refractivity contribution in [1.29, 1.82) is 0 Å². The molecule has 1 aliphatic heterocycles. The van der Waals surface area contributed by atoms with Crippen LogP contribution in [0.2, 0.25) is 0 Å². The average molecular weight is 674 g/mol. The van der Waals surface area contributed by atoms with E-state index in [9.17, 15) is 14.7 Å². The fourth-order valence-electron chi connectivity index (χ4n) is 5.23. The van der Waals surface area contributed by atoms with Crippen LogP contribution >= 0.6 is 22.7 Å². The topological polar surface area (TPSA) is 126 Å². The summed E-state index contributed by atoms with van der Waals surface area (Å²) < 4.78 is 17.7. The number of anilines is 2. The van der Waals surface area contributed by atoms with Gasteiger partial charge >= 0.3 is 6.16 Å². The van der Waals surface area contributed by atoms with Crippen LogP contribution < -0.4 is 24.4 Å². The van der Waals surface area contributed by atoms with Crippen molar-refractivity contribution < 1.29 is 28.9 Å². The first-order chi connectivity index (χ1) is 22.8. The first-order valence-corrected chi connectivity index (χ1v) is 16.9. The molecule has 6 rings (SSSR count). The smallest absolute Gasteiger partial charge is 0.494 e. The number of para-hydroxylation sites is 1. The number of aryl methyl sites for hydroxylation is 1. The molecule has 0 aliphatic carbocycles. The molecule has 0 atom stereocenters. The minimum absolute atomic E-state index is 0.0874. The normalized spacial score (nSPS) is 12.6. The van der Waals surface area contributed by atoms with Crippen molar-refractivity contribution in [1.82, 2.24) is 14.9 Å². The molecule has 0 bridgehead atoms. The predicted octanol–water partition coefficient (Wildman–Crippen LogP) is 6.58. The molecule has 0 fully saturated rings. The summed E-state index contributed by atoms with van der Waals surface area (Å²) in [5.41, 5.74) is 3.44. The van der Waals surface area contributed by atoms with Crippen molar-refractivity contribution in [2.24, 2.45) is 0 Å². The highest BCUT2D eigenvalue weighted by Crippen LogP contribution is 2.36. The second-order valence-electron chi connectivity index (χ2n) is 11.2. The third kappa shape index (κ3) is 8.17. The first kappa shape index (κ1) is 32.2. The Morgan fingerprint density at radius 1 is 0.957 bits per heavy atom. The van der Waals surface area contributed by atoms with Crippen LogP contribution in [0.25, 0.3) is 10.2 Å². The summed E-state index contributed by atoms with van der Waals surface area (Å²) in [4.78, 5) is 38.9. The quantitative estimate of drug-likeness (QED) is 0.105. The number of fused-ring (bicyclic) bond motifs is 2. The van der Waals surface area contributed by atoms with Crippen LogP contribution in [0.15, 0.2) is 66.7 Å². The molecule has 13 heteroatoms. The third-order valence-electron chi connectivity index (χ3n) is 7.58. The molecule has 0 radical (unpaired) electrons. The fraction of sp³-hybridized carbons (Fsp3) is 0.294. The van der Waals surface area contributed by atoms with Gasteiger partial charge in [0.25, 0.3) is 5.91 Å². The number of carbonyl (C=O) groups is 2. The van der Waals surface area contributed by atoms with Crippen LogP contribution in [0.5, 0.6) is 17.4 Å². The zero-order chi connectivity index (χ0) is 32.8. The second-order valence-corrected chi connectivity index (χ2v) is 13.3. The highest BCUT2D eigenvalue weighted by atomic mass is 32.1. The molecule has 2 N–H and O–H groups in total. The fourth-order valence-corrected chi connectivity index (χ4v) is 7.15. The van der Waals surface area contributed by atoms with Gasteiger partial charge in [0.2, 0.25) is 5.88 Å². The molecule has 244 valence electrons. The number of hydrogen-bond donors (Lipinski definition) is 2. The maximum atomic E-state index is 13.4. The lowest BCUT2D eigenvalue weighted by molar-refractivity contribution is 0.102. The number of aromatic nitrogens is 2. The van der Waals surface area contributed by atoms with Gasteiger partial charge in [-0.05, 0) is 86.9 Å². The van der Waals surface area contributed by atoms with Gasteiger partial charge in [0, 0.05) is 25.2 Å². The second kappa shape index (κ2) is 14.8. The molecule has 1 aliphatic rings. The zero-order valence-electron chi connectivity index (χ0n) is 26.1. The number of carbonyl (C=O) groups excluding carboxylic acids is 1. The van der Waals surface area contributed by atoms with Crippen LogP contribution in [0.1, 0.15) is 32.8 Å². The number of thiazole rings is 2. The summed E-state index contributed by atoms with van der Waals surface area (Å²) >= 11 is 2.84. The van der Waals surface area contributed by atoms with Gasteiger partial charge in [-0.1, -0.05) is 46.9 Å². The number of benzene rings is 3. The number of likely N-dealkylation sites (N-methyl/N-ethyl adjacent to an activating group) is 1. The van der Waals surface area contributed by atoms with Gasteiger partial charge in [-0.25, -0.2) is 9.78 Å². The highest BCUT2D eigenvalue weighted by Gasteiger charge is 2.26. The molecule has 0 unspecified atom stereocenters. The van der Waals surface area contributed by atoms with E-state index in [-0.39, 0.29) is 11.8 Å². The van der Waals surface area contributed by atoms with Crippen molar-refractivity contribution in [2.75, 3.05) is 50.6 Å². The minimum Gasteiger partial charge on any atom is -0.494 e. The van der Waals surface area contributed by atoms with E-state index in [1.165, 1.54) is 22.7 Å².